The van der Waals surface area contributed by atoms with Crippen molar-refractivity contribution in [1.82, 2.24) is 5.32 Å². The SMILES string of the molecule is CNCc1ccc(N2CCc3ccccc32)c(F)c1. The predicted octanol–water partition coefficient (Wildman–Crippen LogP) is 3.24. The van der Waals surface area contributed by atoms with E-state index >= 15 is 0 Å². The van der Waals surface area contributed by atoms with E-state index in [1.807, 2.05) is 31.3 Å². The Morgan fingerprint density at radius 2 is 2.00 bits per heavy atom. The first-order valence-electron chi connectivity index (χ1n) is 6.58. The molecule has 1 heterocycles. The minimum Gasteiger partial charge on any atom is -0.339 e. The van der Waals surface area contributed by atoms with Gasteiger partial charge in [-0.2, -0.15) is 0 Å². The van der Waals surface area contributed by atoms with Crippen LogP contribution in [0.25, 0.3) is 0 Å². The van der Waals surface area contributed by atoms with E-state index in [-0.39, 0.29) is 5.82 Å². The zero-order valence-electron chi connectivity index (χ0n) is 11.0. The summed E-state index contributed by atoms with van der Waals surface area (Å²) in [5.41, 5.74) is 4.06. The van der Waals surface area contributed by atoms with E-state index in [9.17, 15) is 4.39 Å². The summed E-state index contributed by atoms with van der Waals surface area (Å²) in [6.45, 7) is 1.54. The van der Waals surface area contributed by atoms with Crippen molar-refractivity contribution in [1.29, 1.82) is 0 Å². The number of anilines is 2. The molecule has 0 aliphatic carbocycles. The van der Waals surface area contributed by atoms with Gasteiger partial charge in [0.2, 0.25) is 0 Å². The van der Waals surface area contributed by atoms with Crippen LogP contribution in [0.5, 0.6) is 0 Å². The van der Waals surface area contributed by atoms with Crippen LogP contribution in [0.2, 0.25) is 0 Å². The molecular formula is C16H17FN2. The fraction of sp³-hybridized carbons (Fsp3) is 0.250. The number of hydrogen-bond acceptors (Lipinski definition) is 2. The van der Waals surface area contributed by atoms with Gasteiger partial charge in [0, 0.05) is 18.8 Å². The van der Waals surface area contributed by atoms with E-state index in [4.69, 9.17) is 0 Å². The van der Waals surface area contributed by atoms with E-state index in [1.54, 1.807) is 6.07 Å². The standard InChI is InChI=1S/C16H17FN2/c1-18-11-12-6-7-16(14(17)10-12)19-9-8-13-4-2-3-5-15(13)19/h2-7,10,18H,8-9,11H2,1H3. The molecule has 0 spiro atoms. The molecule has 0 amide bonds. The van der Waals surface area contributed by atoms with Gasteiger partial charge in [-0.25, -0.2) is 4.39 Å². The third kappa shape index (κ3) is 2.22. The Bertz CT molecular complexity index is 595. The largest absolute Gasteiger partial charge is 0.339 e. The topological polar surface area (TPSA) is 15.3 Å². The molecule has 2 aromatic carbocycles. The normalized spacial score (nSPS) is 13.7. The third-order valence-corrected chi connectivity index (χ3v) is 3.57. The van der Waals surface area contributed by atoms with E-state index in [1.165, 1.54) is 5.56 Å². The summed E-state index contributed by atoms with van der Waals surface area (Å²) < 4.78 is 14.2. The zero-order valence-corrected chi connectivity index (χ0v) is 11.0. The van der Waals surface area contributed by atoms with Gasteiger partial charge in [0.05, 0.1) is 5.69 Å². The zero-order chi connectivity index (χ0) is 13.2. The number of halogens is 1. The number of hydrogen-bond donors (Lipinski definition) is 1. The summed E-state index contributed by atoms with van der Waals surface area (Å²) in [5.74, 6) is -0.149. The first-order valence-corrected chi connectivity index (χ1v) is 6.58. The lowest BCUT2D eigenvalue weighted by Crippen LogP contribution is -2.15. The van der Waals surface area contributed by atoms with Crippen molar-refractivity contribution in [3.8, 4) is 0 Å². The van der Waals surface area contributed by atoms with Crippen molar-refractivity contribution in [2.45, 2.75) is 13.0 Å². The second kappa shape index (κ2) is 5.02. The first-order chi connectivity index (χ1) is 9.29. The Morgan fingerprint density at radius 3 is 2.79 bits per heavy atom. The van der Waals surface area contributed by atoms with E-state index in [2.05, 4.69) is 22.3 Å². The number of fused-ring (bicyclic) bond motifs is 1. The van der Waals surface area contributed by atoms with Crippen molar-refractivity contribution in [2.24, 2.45) is 0 Å². The van der Waals surface area contributed by atoms with Crippen molar-refractivity contribution < 1.29 is 4.39 Å². The van der Waals surface area contributed by atoms with Gasteiger partial charge >= 0.3 is 0 Å². The van der Waals surface area contributed by atoms with Crippen molar-refractivity contribution in [2.75, 3.05) is 18.5 Å². The molecule has 1 aliphatic heterocycles. The lowest BCUT2D eigenvalue weighted by atomic mass is 10.1. The molecule has 19 heavy (non-hydrogen) atoms. The van der Waals surface area contributed by atoms with E-state index < -0.39 is 0 Å². The molecule has 0 unspecified atom stereocenters. The average molecular weight is 256 g/mol. The minimum absolute atomic E-state index is 0.149. The van der Waals surface area contributed by atoms with Gasteiger partial charge in [-0.1, -0.05) is 24.3 Å². The number of nitrogens with one attached hydrogen (secondary N) is 1. The highest BCUT2D eigenvalue weighted by molar-refractivity contribution is 5.70. The summed E-state index contributed by atoms with van der Waals surface area (Å²) in [6, 6.07) is 13.7. The van der Waals surface area contributed by atoms with Crippen LogP contribution in [0.3, 0.4) is 0 Å². The molecule has 98 valence electrons. The molecule has 1 N–H and O–H groups in total. The first kappa shape index (κ1) is 12.2. The minimum atomic E-state index is -0.149. The Kier molecular flexibility index (Phi) is 3.22. The Balaban J connectivity index is 1.96. The van der Waals surface area contributed by atoms with Crippen LogP contribution in [0.1, 0.15) is 11.1 Å². The summed E-state index contributed by atoms with van der Waals surface area (Å²) in [5, 5.41) is 3.04. The van der Waals surface area contributed by atoms with Crippen LogP contribution in [0, 0.1) is 5.82 Å². The van der Waals surface area contributed by atoms with Crippen LogP contribution < -0.4 is 10.2 Å². The summed E-state index contributed by atoms with van der Waals surface area (Å²) in [4.78, 5) is 2.06. The van der Waals surface area contributed by atoms with Gasteiger partial charge in [0.1, 0.15) is 5.82 Å². The smallest absolute Gasteiger partial charge is 0.147 e. The summed E-state index contributed by atoms with van der Waals surface area (Å²) in [6.07, 6.45) is 0.980. The van der Waals surface area contributed by atoms with Crippen molar-refractivity contribution in [3.63, 3.8) is 0 Å². The fourth-order valence-corrected chi connectivity index (χ4v) is 2.67. The summed E-state index contributed by atoms with van der Waals surface area (Å²) >= 11 is 0. The highest BCUT2D eigenvalue weighted by atomic mass is 19.1. The fourth-order valence-electron chi connectivity index (χ4n) is 2.67. The average Bonchev–Trinajstić information content (AvgIpc) is 2.83. The predicted molar refractivity (Wildman–Crippen MR) is 76.3 cm³/mol. The molecular weight excluding hydrogens is 239 g/mol. The van der Waals surface area contributed by atoms with E-state index in [0.717, 1.165) is 24.2 Å². The Hall–Kier alpha value is -1.87. The maximum absolute atomic E-state index is 14.2. The van der Waals surface area contributed by atoms with Gasteiger partial charge in [-0.05, 0) is 42.8 Å². The number of benzene rings is 2. The second-order valence-corrected chi connectivity index (χ2v) is 4.85. The highest BCUT2D eigenvalue weighted by Crippen LogP contribution is 2.35. The monoisotopic (exact) mass is 256 g/mol. The lowest BCUT2D eigenvalue weighted by Gasteiger charge is -2.20. The molecule has 1 aliphatic rings. The number of rotatable bonds is 3. The molecule has 0 bridgehead atoms. The van der Waals surface area contributed by atoms with Crippen LogP contribution >= 0.6 is 0 Å². The second-order valence-electron chi connectivity index (χ2n) is 4.85. The molecule has 0 saturated carbocycles. The molecule has 0 saturated heterocycles. The maximum atomic E-state index is 14.2. The quantitative estimate of drug-likeness (QED) is 0.907. The summed E-state index contributed by atoms with van der Waals surface area (Å²) in [7, 11) is 1.86. The highest BCUT2D eigenvalue weighted by Gasteiger charge is 2.22. The molecule has 3 rings (SSSR count). The molecule has 3 heteroatoms. The Morgan fingerprint density at radius 1 is 1.16 bits per heavy atom. The molecule has 0 atom stereocenters. The molecule has 2 nitrogen and oxygen atoms in total. The van der Waals surface area contributed by atoms with Crippen LogP contribution in [0.15, 0.2) is 42.5 Å². The van der Waals surface area contributed by atoms with Gasteiger partial charge in [-0.3, -0.25) is 0 Å². The van der Waals surface area contributed by atoms with Crippen LogP contribution in [-0.4, -0.2) is 13.6 Å². The third-order valence-electron chi connectivity index (χ3n) is 3.57. The van der Waals surface area contributed by atoms with E-state index in [0.29, 0.717) is 12.2 Å². The van der Waals surface area contributed by atoms with Crippen molar-refractivity contribution in [3.05, 3.63) is 59.4 Å². The molecule has 0 aromatic heterocycles. The Labute approximate surface area is 112 Å². The van der Waals surface area contributed by atoms with Crippen LogP contribution in [0.4, 0.5) is 15.8 Å². The van der Waals surface area contributed by atoms with Gasteiger partial charge in [0.15, 0.2) is 0 Å². The van der Waals surface area contributed by atoms with Crippen molar-refractivity contribution >= 4 is 11.4 Å². The number of para-hydroxylation sites is 1. The molecule has 0 radical (unpaired) electrons. The van der Waals surface area contributed by atoms with Gasteiger partial charge in [0.25, 0.3) is 0 Å². The number of nitrogens with zero attached hydrogens (tertiary/aromatic N) is 1. The van der Waals surface area contributed by atoms with Crippen LogP contribution in [-0.2, 0) is 13.0 Å². The molecule has 0 fully saturated rings. The maximum Gasteiger partial charge on any atom is 0.147 e. The molecule has 2 aromatic rings. The lowest BCUT2D eigenvalue weighted by molar-refractivity contribution is 0.622. The van der Waals surface area contributed by atoms with Gasteiger partial charge in [-0.15, -0.1) is 0 Å². The van der Waals surface area contributed by atoms with Gasteiger partial charge < -0.3 is 10.2 Å².